The molecular weight excluding hydrogens is 315 g/mol. The zero-order chi connectivity index (χ0) is 17.0. The van der Waals surface area contributed by atoms with Gasteiger partial charge in [0.15, 0.2) is 5.79 Å². The fraction of sp³-hybridized carbons (Fsp3) is 0.529. The van der Waals surface area contributed by atoms with Crippen molar-refractivity contribution in [1.82, 2.24) is 10.2 Å². The van der Waals surface area contributed by atoms with Crippen molar-refractivity contribution < 1.29 is 23.5 Å². The van der Waals surface area contributed by atoms with Gasteiger partial charge in [-0.05, 0) is 17.7 Å². The van der Waals surface area contributed by atoms with Gasteiger partial charge in [0, 0.05) is 25.9 Å². The van der Waals surface area contributed by atoms with E-state index in [-0.39, 0.29) is 30.6 Å². The molecule has 2 aliphatic rings. The summed E-state index contributed by atoms with van der Waals surface area (Å²) in [5.74, 6) is -1.33. The van der Waals surface area contributed by atoms with Crippen LogP contribution in [0.2, 0.25) is 0 Å². The quantitative estimate of drug-likeness (QED) is 0.885. The molecule has 24 heavy (non-hydrogen) atoms. The van der Waals surface area contributed by atoms with Crippen LogP contribution >= 0.6 is 0 Å². The highest BCUT2D eigenvalue weighted by Crippen LogP contribution is 2.31. The van der Waals surface area contributed by atoms with E-state index in [9.17, 15) is 14.0 Å². The second-order valence-electron chi connectivity index (χ2n) is 6.07. The number of nitrogens with one attached hydrogen (secondary N) is 1. The average Bonchev–Trinajstić information content (AvgIpc) is 3.01. The number of carbonyl (C=O) groups is 2. The van der Waals surface area contributed by atoms with Gasteiger partial charge in [-0.1, -0.05) is 12.1 Å². The minimum Gasteiger partial charge on any atom is -0.347 e. The van der Waals surface area contributed by atoms with Crippen LogP contribution in [0.25, 0.3) is 0 Å². The van der Waals surface area contributed by atoms with Gasteiger partial charge in [-0.2, -0.15) is 0 Å². The molecule has 130 valence electrons. The zero-order valence-corrected chi connectivity index (χ0v) is 13.4. The van der Waals surface area contributed by atoms with Gasteiger partial charge in [0.1, 0.15) is 5.82 Å². The highest BCUT2D eigenvalue weighted by Gasteiger charge is 2.40. The summed E-state index contributed by atoms with van der Waals surface area (Å²) < 4.78 is 24.3. The van der Waals surface area contributed by atoms with Gasteiger partial charge in [-0.3, -0.25) is 9.59 Å². The largest absolute Gasteiger partial charge is 0.347 e. The molecule has 1 spiro atoms. The molecular formula is C17H21FN2O4. The van der Waals surface area contributed by atoms with E-state index in [0.29, 0.717) is 44.7 Å². The molecule has 2 fully saturated rings. The Balaban J connectivity index is 1.41. The number of ether oxygens (including phenoxy) is 2. The third-order valence-corrected chi connectivity index (χ3v) is 4.38. The van der Waals surface area contributed by atoms with Crippen molar-refractivity contribution >= 4 is 11.8 Å². The summed E-state index contributed by atoms with van der Waals surface area (Å²) in [5, 5.41) is 2.59. The molecule has 0 atom stereocenters. The highest BCUT2D eigenvalue weighted by atomic mass is 19.1. The maximum absolute atomic E-state index is 13.1. The molecule has 1 aromatic rings. The molecule has 1 aromatic carbocycles. The van der Waals surface area contributed by atoms with Crippen molar-refractivity contribution in [2.75, 3.05) is 32.8 Å². The van der Waals surface area contributed by atoms with E-state index in [1.54, 1.807) is 17.0 Å². The van der Waals surface area contributed by atoms with Gasteiger partial charge >= 0.3 is 0 Å². The average molecular weight is 336 g/mol. The van der Waals surface area contributed by atoms with Gasteiger partial charge in [0.2, 0.25) is 11.8 Å². The van der Waals surface area contributed by atoms with E-state index < -0.39 is 5.79 Å². The number of likely N-dealkylation sites (tertiary alicyclic amines) is 1. The first-order valence-corrected chi connectivity index (χ1v) is 8.13. The molecule has 1 N–H and O–H groups in total. The van der Waals surface area contributed by atoms with Crippen LogP contribution in [-0.2, 0) is 25.5 Å². The molecule has 2 saturated heterocycles. The molecule has 0 unspecified atom stereocenters. The molecule has 6 nitrogen and oxygen atoms in total. The Morgan fingerprint density at radius 3 is 2.58 bits per heavy atom. The van der Waals surface area contributed by atoms with Gasteiger partial charge in [0.25, 0.3) is 0 Å². The number of benzene rings is 1. The SMILES string of the molecule is O=C(Cc1cccc(F)c1)NCC(=O)N1CCC2(CC1)OCCO2. The molecule has 0 bridgehead atoms. The molecule has 2 aliphatic heterocycles. The smallest absolute Gasteiger partial charge is 0.241 e. The van der Waals surface area contributed by atoms with Gasteiger partial charge in [-0.25, -0.2) is 4.39 Å². The predicted octanol–water partition coefficient (Wildman–Crippen LogP) is 0.850. The molecule has 0 aromatic heterocycles. The summed E-state index contributed by atoms with van der Waals surface area (Å²) in [7, 11) is 0. The van der Waals surface area contributed by atoms with E-state index in [4.69, 9.17) is 9.47 Å². The van der Waals surface area contributed by atoms with Crippen molar-refractivity contribution in [3.8, 4) is 0 Å². The molecule has 2 heterocycles. The van der Waals surface area contributed by atoms with E-state index in [1.165, 1.54) is 12.1 Å². The molecule has 0 aliphatic carbocycles. The highest BCUT2D eigenvalue weighted by molar-refractivity contribution is 5.85. The van der Waals surface area contributed by atoms with Gasteiger partial charge < -0.3 is 19.7 Å². The number of hydrogen-bond donors (Lipinski definition) is 1. The normalized spacial score (nSPS) is 19.5. The lowest BCUT2D eigenvalue weighted by molar-refractivity contribution is -0.187. The third-order valence-electron chi connectivity index (χ3n) is 4.38. The summed E-state index contributed by atoms with van der Waals surface area (Å²) in [6, 6.07) is 5.87. The van der Waals surface area contributed by atoms with Crippen LogP contribution in [0.5, 0.6) is 0 Å². The van der Waals surface area contributed by atoms with E-state index in [2.05, 4.69) is 5.32 Å². The fourth-order valence-electron chi connectivity index (χ4n) is 3.06. The predicted molar refractivity (Wildman–Crippen MR) is 83.6 cm³/mol. The summed E-state index contributed by atoms with van der Waals surface area (Å²) in [6.07, 6.45) is 1.35. The number of piperidine rings is 1. The summed E-state index contributed by atoms with van der Waals surface area (Å²) in [4.78, 5) is 25.8. The Bertz CT molecular complexity index is 606. The Morgan fingerprint density at radius 2 is 1.92 bits per heavy atom. The second-order valence-corrected chi connectivity index (χ2v) is 6.07. The van der Waals surface area contributed by atoms with Crippen LogP contribution in [-0.4, -0.2) is 55.3 Å². The van der Waals surface area contributed by atoms with Crippen LogP contribution in [0.3, 0.4) is 0 Å². The lowest BCUT2D eigenvalue weighted by Crippen LogP contribution is -2.49. The molecule has 0 saturated carbocycles. The topological polar surface area (TPSA) is 67.9 Å². The molecule has 3 rings (SSSR count). The lowest BCUT2D eigenvalue weighted by atomic mass is 10.0. The van der Waals surface area contributed by atoms with Crippen LogP contribution in [0.1, 0.15) is 18.4 Å². The van der Waals surface area contributed by atoms with Crippen LogP contribution in [0.4, 0.5) is 4.39 Å². The minimum atomic E-state index is -0.516. The van der Waals surface area contributed by atoms with Crippen molar-refractivity contribution in [3.63, 3.8) is 0 Å². The first-order chi connectivity index (χ1) is 11.6. The van der Waals surface area contributed by atoms with Crippen molar-refractivity contribution in [2.24, 2.45) is 0 Å². The Hall–Kier alpha value is -1.99. The number of halogens is 1. The number of nitrogens with zero attached hydrogens (tertiary/aromatic N) is 1. The number of amides is 2. The second kappa shape index (κ2) is 7.27. The van der Waals surface area contributed by atoms with Crippen molar-refractivity contribution in [3.05, 3.63) is 35.6 Å². The number of hydrogen-bond acceptors (Lipinski definition) is 4. The summed E-state index contributed by atoms with van der Waals surface area (Å²) in [5.41, 5.74) is 0.579. The van der Waals surface area contributed by atoms with E-state index in [0.717, 1.165) is 0 Å². The standard InChI is InChI=1S/C17H21FN2O4/c18-14-3-1-2-13(10-14)11-15(21)19-12-16(22)20-6-4-17(5-7-20)23-8-9-24-17/h1-3,10H,4-9,11-12H2,(H,19,21). The number of carbonyl (C=O) groups excluding carboxylic acids is 2. The maximum Gasteiger partial charge on any atom is 0.241 e. The first-order valence-electron chi connectivity index (χ1n) is 8.13. The van der Waals surface area contributed by atoms with Crippen molar-refractivity contribution in [2.45, 2.75) is 25.0 Å². The van der Waals surface area contributed by atoms with Gasteiger partial charge in [-0.15, -0.1) is 0 Å². The zero-order valence-electron chi connectivity index (χ0n) is 13.4. The Labute approximate surface area is 139 Å². The van der Waals surface area contributed by atoms with Crippen LogP contribution < -0.4 is 5.32 Å². The minimum absolute atomic E-state index is 0.0514. The molecule has 0 radical (unpaired) electrons. The first kappa shape index (κ1) is 16.9. The summed E-state index contributed by atoms with van der Waals surface area (Å²) >= 11 is 0. The van der Waals surface area contributed by atoms with Crippen LogP contribution in [0.15, 0.2) is 24.3 Å². The third kappa shape index (κ3) is 4.10. The Kier molecular flexibility index (Phi) is 5.11. The lowest BCUT2D eigenvalue weighted by Gasteiger charge is -2.37. The maximum atomic E-state index is 13.1. The number of rotatable bonds is 4. The Morgan fingerprint density at radius 1 is 1.21 bits per heavy atom. The summed E-state index contributed by atoms with van der Waals surface area (Å²) in [6.45, 7) is 2.26. The van der Waals surface area contributed by atoms with E-state index in [1.807, 2.05) is 0 Å². The monoisotopic (exact) mass is 336 g/mol. The molecule has 2 amide bonds. The van der Waals surface area contributed by atoms with Gasteiger partial charge in [0.05, 0.1) is 26.2 Å². The fourth-order valence-corrected chi connectivity index (χ4v) is 3.06. The van der Waals surface area contributed by atoms with Crippen LogP contribution in [0, 0.1) is 5.82 Å². The van der Waals surface area contributed by atoms with E-state index >= 15 is 0 Å². The van der Waals surface area contributed by atoms with Crippen molar-refractivity contribution in [1.29, 1.82) is 0 Å². The molecule has 7 heteroatoms.